The molecule has 0 heterocycles. The number of unbranched alkanes of at least 4 members (excludes halogenated alkanes) is 9. The van der Waals surface area contributed by atoms with Gasteiger partial charge in [-0.25, -0.2) is 0 Å². The van der Waals surface area contributed by atoms with Gasteiger partial charge in [-0.05, 0) is 12.7 Å². The Hall–Kier alpha value is 0.270. The SMILES string of the molecule is CCCCCCCCCCCCOCCOCCSC. The van der Waals surface area contributed by atoms with Gasteiger partial charge >= 0.3 is 0 Å². The van der Waals surface area contributed by atoms with E-state index in [4.69, 9.17) is 9.47 Å². The quantitative estimate of drug-likeness (QED) is 0.340. The summed E-state index contributed by atoms with van der Waals surface area (Å²) in [6.45, 7) is 5.54. The number of rotatable bonds is 17. The van der Waals surface area contributed by atoms with Gasteiger partial charge in [-0.3, -0.25) is 0 Å². The van der Waals surface area contributed by atoms with Crippen molar-refractivity contribution in [3.05, 3.63) is 0 Å². The topological polar surface area (TPSA) is 18.5 Å². The van der Waals surface area contributed by atoms with Gasteiger partial charge in [-0.1, -0.05) is 64.7 Å². The summed E-state index contributed by atoms with van der Waals surface area (Å²) in [5, 5.41) is 0. The number of hydrogen-bond donors (Lipinski definition) is 0. The van der Waals surface area contributed by atoms with Crippen LogP contribution < -0.4 is 0 Å². The highest BCUT2D eigenvalue weighted by atomic mass is 32.2. The van der Waals surface area contributed by atoms with Gasteiger partial charge in [-0.2, -0.15) is 11.8 Å². The Morgan fingerprint density at radius 2 is 1.10 bits per heavy atom. The predicted octanol–water partition coefficient (Wildman–Crippen LogP) is 5.30. The average Bonchev–Trinajstić information content (AvgIpc) is 2.47. The first kappa shape index (κ1) is 20.3. The first-order valence-corrected chi connectivity index (χ1v) is 9.95. The van der Waals surface area contributed by atoms with Gasteiger partial charge in [0.1, 0.15) is 0 Å². The molecule has 0 aromatic rings. The van der Waals surface area contributed by atoms with Crippen LogP contribution >= 0.6 is 11.8 Å². The summed E-state index contributed by atoms with van der Waals surface area (Å²) in [5.74, 6) is 1.08. The van der Waals surface area contributed by atoms with E-state index in [0.717, 1.165) is 32.2 Å². The van der Waals surface area contributed by atoms with Crippen LogP contribution in [0.15, 0.2) is 0 Å². The van der Waals surface area contributed by atoms with E-state index in [-0.39, 0.29) is 0 Å². The molecule has 0 aliphatic carbocycles. The lowest BCUT2D eigenvalue weighted by molar-refractivity contribution is 0.0522. The smallest absolute Gasteiger partial charge is 0.0700 e. The molecule has 0 spiro atoms. The molecule has 20 heavy (non-hydrogen) atoms. The van der Waals surface area contributed by atoms with Crippen molar-refractivity contribution in [1.29, 1.82) is 0 Å². The van der Waals surface area contributed by atoms with E-state index in [2.05, 4.69) is 13.2 Å². The molecule has 0 aromatic heterocycles. The van der Waals surface area contributed by atoms with Crippen molar-refractivity contribution in [2.75, 3.05) is 38.4 Å². The van der Waals surface area contributed by atoms with Gasteiger partial charge in [0.15, 0.2) is 0 Å². The van der Waals surface area contributed by atoms with Gasteiger partial charge in [0.05, 0.1) is 19.8 Å². The molecule has 0 saturated carbocycles. The molecule has 0 amide bonds. The van der Waals surface area contributed by atoms with E-state index in [1.54, 1.807) is 0 Å². The summed E-state index contributed by atoms with van der Waals surface area (Å²) in [7, 11) is 0. The maximum atomic E-state index is 5.55. The Labute approximate surface area is 131 Å². The van der Waals surface area contributed by atoms with Crippen molar-refractivity contribution in [1.82, 2.24) is 0 Å². The van der Waals surface area contributed by atoms with E-state index in [1.807, 2.05) is 11.8 Å². The molecule has 0 radical (unpaired) electrons. The third-order valence-corrected chi connectivity index (χ3v) is 4.02. The van der Waals surface area contributed by atoms with E-state index >= 15 is 0 Å². The van der Waals surface area contributed by atoms with Crippen LogP contribution in [0.1, 0.15) is 71.1 Å². The summed E-state index contributed by atoms with van der Waals surface area (Å²) in [6.07, 6.45) is 15.9. The van der Waals surface area contributed by atoms with Crippen LogP contribution in [-0.4, -0.2) is 38.4 Å². The van der Waals surface area contributed by atoms with E-state index in [0.29, 0.717) is 0 Å². The minimum Gasteiger partial charge on any atom is -0.379 e. The van der Waals surface area contributed by atoms with Gasteiger partial charge < -0.3 is 9.47 Å². The Balaban J connectivity index is 2.89. The van der Waals surface area contributed by atoms with E-state index in [1.165, 1.54) is 64.2 Å². The fourth-order valence-corrected chi connectivity index (χ4v) is 2.44. The highest BCUT2D eigenvalue weighted by molar-refractivity contribution is 7.98. The van der Waals surface area contributed by atoms with Crippen molar-refractivity contribution >= 4 is 11.8 Å². The minimum absolute atomic E-state index is 0.748. The van der Waals surface area contributed by atoms with Crippen molar-refractivity contribution in [2.24, 2.45) is 0 Å². The highest BCUT2D eigenvalue weighted by Gasteiger charge is 1.93. The molecule has 0 aromatic carbocycles. The number of ether oxygens (including phenoxy) is 2. The molecule has 122 valence electrons. The zero-order valence-corrected chi connectivity index (χ0v) is 14.6. The predicted molar refractivity (Wildman–Crippen MR) is 91.9 cm³/mol. The first-order valence-electron chi connectivity index (χ1n) is 8.56. The monoisotopic (exact) mass is 304 g/mol. The Morgan fingerprint density at radius 1 is 0.600 bits per heavy atom. The van der Waals surface area contributed by atoms with Gasteiger partial charge in [0.2, 0.25) is 0 Å². The Kier molecular flexibility index (Phi) is 19.5. The molecule has 0 N–H and O–H groups in total. The van der Waals surface area contributed by atoms with Gasteiger partial charge in [0.25, 0.3) is 0 Å². The summed E-state index contributed by atoms with van der Waals surface area (Å²) >= 11 is 1.82. The third-order valence-electron chi connectivity index (χ3n) is 3.45. The summed E-state index contributed by atoms with van der Waals surface area (Å²) < 4.78 is 11.0. The molecule has 0 aliphatic rings. The van der Waals surface area contributed by atoms with Crippen molar-refractivity contribution in [2.45, 2.75) is 71.1 Å². The molecule has 0 aliphatic heterocycles. The Bertz CT molecular complexity index is 147. The molecule has 0 atom stereocenters. The second kappa shape index (κ2) is 19.3. The first-order chi connectivity index (χ1) is 9.91. The second-order valence-corrected chi connectivity index (χ2v) is 6.39. The fourth-order valence-electron chi connectivity index (χ4n) is 2.16. The van der Waals surface area contributed by atoms with Crippen LogP contribution in [0, 0.1) is 0 Å². The Morgan fingerprint density at radius 3 is 1.65 bits per heavy atom. The van der Waals surface area contributed by atoms with Gasteiger partial charge in [-0.15, -0.1) is 0 Å². The summed E-state index contributed by atoms with van der Waals surface area (Å²) in [5.41, 5.74) is 0. The van der Waals surface area contributed by atoms with Crippen molar-refractivity contribution < 1.29 is 9.47 Å². The second-order valence-electron chi connectivity index (χ2n) is 5.40. The molecule has 0 fully saturated rings. The zero-order chi connectivity index (χ0) is 14.7. The molecular weight excluding hydrogens is 268 g/mol. The molecule has 0 rings (SSSR count). The maximum Gasteiger partial charge on any atom is 0.0700 e. The largest absolute Gasteiger partial charge is 0.379 e. The lowest BCUT2D eigenvalue weighted by Crippen LogP contribution is -2.07. The molecule has 0 unspecified atom stereocenters. The van der Waals surface area contributed by atoms with Crippen LogP contribution in [-0.2, 0) is 9.47 Å². The van der Waals surface area contributed by atoms with E-state index < -0.39 is 0 Å². The fraction of sp³-hybridized carbons (Fsp3) is 1.00. The highest BCUT2D eigenvalue weighted by Crippen LogP contribution is 2.10. The normalized spacial score (nSPS) is 11.1. The van der Waals surface area contributed by atoms with Crippen molar-refractivity contribution in [3.8, 4) is 0 Å². The molecule has 3 heteroatoms. The standard InChI is InChI=1S/C17H36O2S/c1-3-4-5-6-7-8-9-10-11-12-13-18-14-15-19-16-17-20-2/h3-17H2,1-2H3. The molecule has 0 bridgehead atoms. The lowest BCUT2D eigenvalue weighted by atomic mass is 10.1. The molecule has 2 nitrogen and oxygen atoms in total. The van der Waals surface area contributed by atoms with Crippen molar-refractivity contribution in [3.63, 3.8) is 0 Å². The van der Waals surface area contributed by atoms with Gasteiger partial charge in [0, 0.05) is 12.4 Å². The molecular formula is C17H36O2S. The lowest BCUT2D eigenvalue weighted by Gasteiger charge is -2.05. The summed E-state index contributed by atoms with van der Waals surface area (Å²) in [6, 6.07) is 0. The number of hydrogen-bond acceptors (Lipinski definition) is 3. The maximum absolute atomic E-state index is 5.55. The summed E-state index contributed by atoms with van der Waals surface area (Å²) in [4.78, 5) is 0. The van der Waals surface area contributed by atoms with Crippen LogP contribution in [0.2, 0.25) is 0 Å². The van der Waals surface area contributed by atoms with E-state index in [9.17, 15) is 0 Å². The molecule has 0 saturated heterocycles. The van der Waals surface area contributed by atoms with Crippen LogP contribution in [0.5, 0.6) is 0 Å². The minimum atomic E-state index is 0.748. The van der Waals surface area contributed by atoms with Crippen LogP contribution in [0.3, 0.4) is 0 Å². The third kappa shape index (κ3) is 18.3. The average molecular weight is 305 g/mol. The zero-order valence-electron chi connectivity index (χ0n) is 13.8. The van der Waals surface area contributed by atoms with Crippen LogP contribution in [0.4, 0.5) is 0 Å². The number of thioether (sulfide) groups is 1. The van der Waals surface area contributed by atoms with Crippen LogP contribution in [0.25, 0.3) is 0 Å².